The molecule has 0 fully saturated rings. The van der Waals surface area contributed by atoms with Crippen molar-refractivity contribution in [2.45, 2.75) is 24.3 Å². The van der Waals surface area contributed by atoms with Crippen LogP contribution in [0.3, 0.4) is 0 Å². The van der Waals surface area contributed by atoms with E-state index in [1.165, 1.54) is 11.8 Å². The summed E-state index contributed by atoms with van der Waals surface area (Å²) in [7, 11) is 0. The summed E-state index contributed by atoms with van der Waals surface area (Å²) in [6, 6.07) is 9.37. The molecule has 9 heteroatoms. The summed E-state index contributed by atoms with van der Waals surface area (Å²) in [6.45, 7) is 3.54. The molecule has 0 aliphatic heterocycles. The summed E-state index contributed by atoms with van der Waals surface area (Å²) in [5.74, 6) is 1.48. The number of nitrogens with one attached hydrogen (secondary N) is 2. The number of hydrogen-bond donors (Lipinski definition) is 2. The van der Waals surface area contributed by atoms with Gasteiger partial charge in [-0.1, -0.05) is 51.0 Å². The predicted molar refractivity (Wildman–Crippen MR) is 94.7 cm³/mol. The van der Waals surface area contributed by atoms with E-state index in [1.807, 2.05) is 24.3 Å². The first-order valence-electron chi connectivity index (χ1n) is 7.11. The van der Waals surface area contributed by atoms with Crippen LogP contribution in [0.15, 0.2) is 44.5 Å². The molecule has 0 aliphatic carbocycles. The maximum Gasteiger partial charge on any atom is 0.238 e. The van der Waals surface area contributed by atoms with Crippen molar-refractivity contribution in [3.63, 3.8) is 0 Å². The Hall–Kier alpha value is -2.13. The average molecular weight is 408 g/mol. The molecule has 124 valence electrons. The number of amides is 1. The zero-order valence-corrected chi connectivity index (χ0v) is 15.3. The SMILES string of the molecule is Cc1cc(NC(=O)[C@H](C)Sc2n[nH]c(-c3ccccc3Br)n2)no1. The Morgan fingerprint density at radius 2 is 2.21 bits per heavy atom. The molecule has 0 bridgehead atoms. The van der Waals surface area contributed by atoms with Crippen LogP contribution in [-0.2, 0) is 4.79 Å². The molecule has 0 aliphatic rings. The van der Waals surface area contributed by atoms with E-state index in [0.717, 1.165) is 10.0 Å². The number of rotatable bonds is 5. The number of anilines is 1. The van der Waals surface area contributed by atoms with Crippen LogP contribution in [0.25, 0.3) is 11.4 Å². The molecule has 2 aromatic heterocycles. The third-order valence-corrected chi connectivity index (χ3v) is 4.78. The van der Waals surface area contributed by atoms with E-state index in [9.17, 15) is 4.79 Å². The van der Waals surface area contributed by atoms with E-state index in [4.69, 9.17) is 4.52 Å². The van der Waals surface area contributed by atoms with Crippen molar-refractivity contribution in [3.05, 3.63) is 40.6 Å². The van der Waals surface area contributed by atoms with Crippen molar-refractivity contribution in [3.8, 4) is 11.4 Å². The lowest BCUT2D eigenvalue weighted by molar-refractivity contribution is -0.115. The number of aromatic amines is 1. The molecule has 1 atom stereocenters. The first-order valence-corrected chi connectivity index (χ1v) is 8.78. The largest absolute Gasteiger partial charge is 0.360 e. The average Bonchev–Trinajstić information content (AvgIpc) is 3.17. The summed E-state index contributed by atoms with van der Waals surface area (Å²) in [6.07, 6.45) is 0. The maximum atomic E-state index is 12.2. The van der Waals surface area contributed by atoms with Crippen LogP contribution in [-0.4, -0.2) is 31.5 Å². The highest BCUT2D eigenvalue weighted by Gasteiger charge is 2.19. The number of benzene rings is 1. The fraction of sp³-hybridized carbons (Fsp3) is 0.200. The first kappa shape index (κ1) is 16.7. The number of hydrogen-bond acceptors (Lipinski definition) is 6. The van der Waals surface area contributed by atoms with Gasteiger partial charge in [0.1, 0.15) is 5.76 Å². The molecule has 0 saturated carbocycles. The number of nitrogens with zero attached hydrogens (tertiary/aromatic N) is 3. The van der Waals surface area contributed by atoms with E-state index in [2.05, 4.69) is 41.6 Å². The fourth-order valence-corrected chi connectivity index (χ4v) is 3.13. The van der Waals surface area contributed by atoms with Gasteiger partial charge in [0.15, 0.2) is 11.6 Å². The molecule has 1 amide bonds. The Morgan fingerprint density at radius 1 is 1.42 bits per heavy atom. The van der Waals surface area contributed by atoms with Crippen molar-refractivity contribution in [1.82, 2.24) is 20.3 Å². The van der Waals surface area contributed by atoms with Crippen molar-refractivity contribution < 1.29 is 9.32 Å². The zero-order chi connectivity index (χ0) is 17.1. The molecule has 7 nitrogen and oxygen atoms in total. The normalized spacial score (nSPS) is 12.1. The predicted octanol–water partition coefficient (Wildman–Crippen LogP) is 3.65. The Morgan fingerprint density at radius 3 is 2.92 bits per heavy atom. The summed E-state index contributed by atoms with van der Waals surface area (Å²) in [4.78, 5) is 16.6. The molecule has 3 rings (SSSR count). The summed E-state index contributed by atoms with van der Waals surface area (Å²) in [5.41, 5.74) is 0.909. The van der Waals surface area contributed by atoms with Crippen LogP contribution in [0, 0.1) is 6.92 Å². The van der Waals surface area contributed by atoms with E-state index >= 15 is 0 Å². The van der Waals surface area contributed by atoms with Gasteiger partial charge in [-0.2, -0.15) is 0 Å². The minimum absolute atomic E-state index is 0.194. The second-order valence-electron chi connectivity index (χ2n) is 5.02. The van der Waals surface area contributed by atoms with E-state index in [0.29, 0.717) is 22.6 Å². The number of aryl methyl sites for hydroxylation is 1. The summed E-state index contributed by atoms with van der Waals surface area (Å²) in [5, 5.41) is 13.6. The number of carbonyl (C=O) groups is 1. The van der Waals surface area contributed by atoms with Crippen molar-refractivity contribution in [2.75, 3.05) is 5.32 Å². The molecule has 0 unspecified atom stereocenters. The molecular formula is C15H14BrN5O2S. The molecule has 1 aromatic carbocycles. The third kappa shape index (κ3) is 3.85. The smallest absolute Gasteiger partial charge is 0.238 e. The van der Waals surface area contributed by atoms with Gasteiger partial charge in [-0.05, 0) is 19.9 Å². The standard InChI is InChI=1S/C15H14BrN5O2S/c1-8-7-12(21-23-8)17-14(22)9(2)24-15-18-13(19-20-15)10-5-3-4-6-11(10)16/h3-7,9H,1-2H3,(H,17,21,22)(H,18,19,20)/t9-/m0/s1. The molecular weight excluding hydrogens is 394 g/mol. The third-order valence-electron chi connectivity index (χ3n) is 3.12. The highest BCUT2D eigenvalue weighted by Crippen LogP contribution is 2.27. The summed E-state index contributed by atoms with van der Waals surface area (Å²) >= 11 is 4.74. The van der Waals surface area contributed by atoms with Gasteiger partial charge in [-0.3, -0.25) is 9.89 Å². The lowest BCUT2D eigenvalue weighted by atomic mass is 10.2. The second kappa shape index (κ2) is 7.18. The highest BCUT2D eigenvalue weighted by atomic mass is 79.9. The monoisotopic (exact) mass is 407 g/mol. The molecule has 2 heterocycles. The van der Waals surface area contributed by atoms with Crippen LogP contribution in [0.5, 0.6) is 0 Å². The Kier molecular flexibility index (Phi) is 5.00. The second-order valence-corrected chi connectivity index (χ2v) is 7.18. The number of halogens is 1. The summed E-state index contributed by atoms with van der Waals surface area (Å²) < 4.78 is 5.84. The Labute approximate surface area is 150 Å². The van der Waals surface area contributed by atoms with Crippen molar-refractivity contribution in [2.24, 2.45) is 0 Å². The van der Waals surface area contributed by atoms with E-state index in [-0.39, 0.29) is 11.2 Å². The van der Waals surface area contributed by atoms with Gasteiger partial charge in [0.2, 0.25) is 11.1 Å². The number of H-pyrrole nitrogens is 1. The minimum atomic E-state index is -0.384. The van der Waals surface area contributed by atoms with Crippen LogP contribution in [0.2, 0.25) is 0 Å². The Bertz CT molecular complexity index is 863. The van der Waals surface area contributed by atoms with Crippen LogP contribution < -0.4 is 5.32 Å². The maximum absolute atomic E-state index is 12.2. The van der Waals surface area contributed by atoms with E-state index < -0.39 is 0 Å². The first-order chi connectivity index (χ1) is 11.5. The molecule has 0 saturated heterocycles. The lowest BCUT2D eigenvalue weighted by Gasteiger charge is -2.07. The highest BCUT2D eigenvalue weighted by molar-refractivity contribution is 9.10. The van der Waals surface area contributed by atoms with E-state index in [1.54, 1.807) is 19.9 Å². The molecule has 24 heavy (non-hydrogen) atoms. The van der Waals surface area contributed by atoms with Gasteiger partial charge in [-0.15, -0.1) is 5.10 Å². The lowest BCUT2D eigenvalue weighted by Crippen LogP contribution is -2.22. The number of aromatic nitrogens is 4. The molecule has 0 radical (unpaired) electrons. The zero-order valence-electron chi connectivity index (χ0n) is 12.9. The van der Waals surface area contributed by atoms with Crippen molar-refractivity contribution >= 4 is 39.4 Å². The molecule has 0 spiro atoms. The van der Waals surface area contributed by atoms with Gasteiger partial charge in [-0.25, -0.2) is 4.98 Å². The van der Waals surface area contributed by atoms with Crippen LogP contribution in [0.4, 0.5) is 5.82 Å². The van der Waals surface area contributed by atoms with Gasteiger partial charge >= 0.3 is 0 Å². The van der Waals surface area contributed by atoms with Gasteiger partial charge in [0.25, 0.3) is 0 Å². The molecule has 2 N–H and O–H groups in total. The topological polar surface area (TPSA) is 96.7 Å². The van der Waals surface area contributed by atoms with Crippen LogP contribution in [0.1, 0.15) is 12.7 Å². The van der Waals surface area contributed by atoms with Gasteiger partial charge in [0, 0.05) is 16.1 Å². The quantitative estimate of drug-likeness (QED) is 0.626. The molecule has 3 aromatic rings. The Balaban J connectivity index is 1.66. The fourth-order valence-electron chi connectivity index (χ4n) is 1.94. The number of thioether (sulfide) groups is 1. The van der Waals surface area contributed by atoms with Gasteiger partial charge < -0.3 is 9.84 Å². The minimum Gasteiger partial charge on any atom is -0.360 e. The van der Waals surface area contributed by atoms with Crippen LogP contribution >= 0.6 is 27.7 Å². The van der Waals surface area contributed by atoms with Gasteiger partial charge in [0.05, 0.1) is 5.25 Å². The number of carbonyl (C=O) groups excluding carboxylic acids is 1. The van der Waals surface area contributed by atoms with Crippen molar-refractivity contribution in [1.29, 1.82) is 0 Å².